The van der Waals surface area contributed by atoms with E-state index in [9.17, 15) is 9.59 Å². The molecule has 1 aromatic carbocycles. The van der Waals surface area contributed by atoms with Gasteiger partial charge in [-0.3, -0.25) is 9.59 Å². The molecule has 1 heterocycles. The summed E-state index contributed by atoms with van der Waals surface area (Å²) in [6.45, 7) is 8.65. The quantitative estimate of drug-likeness (QED) is 0.822. The lowest BCUT2D eigenvalue weighted by atomic mass is 9.85. The minimum Gasteiger partial charge on any atom is -0.398 e. The van der Waals surface area contributed by atoms with Gasteiger partial charge < -0.3 is 16.0 Å². The molecule has 1 aliphatic heterocycles. The number of benzene rings is 1. The van der Waals surface area contributed by atoms with Crippen molar-refractivity contribution >= 4 is 29.1 Å². The molecule has 1 aromatic rings. The molecule has 0 aliphatic carbocycles. The fourth-order valence-corrected chi connectivity index (χ4v) is 3.14. The molecular formula is C18H26ClN3O2. The summed E-state index contributed by atoms with van der Waals surface area (Å²) >= 11 is 5.99. The SMILES string of the molecule is C[C@@H]1CCCN1C(=O)[C@@H](NC(=O)c1ccc(N)c(Cl)c1)C(C)(C)C. The molecule has 24 heavy (non-hydrogen) atoms. The molecular weight excluding hydrogens is 326 g/mol. The van der Waals surface area contributed by atoms with Crippen molar-refractivity contribution in [1.29, 1.82) is 0 Å². The first-order valence-corrected chi connectivity index (χ1v) is 8.65. The number of halogens is 1. The van der Waals surface area contributed by atoms with Gasteiger partial charge in [-0.1, -0.05) is 32.4 Å². The number of carbonyl (C=O) groups excluding carboxylic acids is 2. The number of nitrogen functional groups attached to an aromatic ring is 1. The van der Waals surface area contributed by atoms with Crippen LogP contribution < -0.4 is 11.1 Å². The maximum atomic E-state index is 13.0. The molecule has 0 bridgehead atoms. The molecule has 2 rings (SSSR count). The number of nitrogens with zero attached hydrogens (tertiary/aromatic N) is 1. The molecule has 1 saturated heterocycles. The first kappa shape index (κ1) is 18.6. The maximum absolute atomic E-state index is 13.0. The van der Waals surface area contributed by atoms with E-state index < -0.39 is 11.5 Å². The third-order valence-corrected chi connectivity index (χ3v) is 4.81. The molecule has 0 radical (unpaired) electrons. The molecule has 5 nitrogen and oxygen atoms in total. The maximum Gasteiger partial charge on any atom is 0.252 e. The van der Waals surface area contributed by atoms with Crippen molar-refractivity contribution in [3.63, 3.8) is 0 Å². The van der Waals surface area contributed by atoms with Gasteiger partial charge in [-0.15, -0.1) is 0 Å². The van der Waals surface area contributed by atoms with Crippen LogP contribution in [0.15, 0.2) is 18.2 Å². The van der Waals surface area contributed by atoms with Gasteiger partial charge in [0.2, 0.25) is 5.91 Å². The second-order valence-corrected chi connectivity index (χ2v) is 7.94. The molecule has 0 spiro atoms. The summed E-state index contributed by atoms with van der Waals surface area (Å²) in [4.78, 5) is 27.4. The number of amides is 2. The zero-order chi connectivity index (χ0) is 18.1. The summed E-state index contributed by atoms with van der Waals surface area (Å²) in [6, 6.07) is 4.34. The Balaban J connectivity index is 2.21. The molecule has 3 N–H and O–H groups in total. The minimum atomic E-state index is -0.595. The van der Waals surface area contributed by atoms with Crippen LogP contribution >= 0.6 is 11.6 Å². The van der Waals surface area contributed by atoms with Crippen molar-refractivity contribution in [3.05, 3.63) is 28.8 Å². The average Bonchev–Trinajstić information content (AvgIpc) is 2.91. The van der Waals surface area contributed by atoms with Gasteiger partial charge in [0.05, 0.1) is 10.7 Å². The van der Waals surface area contributed by atoms with Crippen molar-refractivity contribution in [2.75, 3.05) is 12.3 Å². The molecule has 6 heteroatoms. The van der Waals surface area contributed by atoms with Crippen molar-refractivity contribution < 1.29 is 9.59 Å². The van der Waals surface area contributed by atoms with Crippen LogP contribution in [0.25, 0.3) is 0 Å². The van der Waals surface area contributed by atoms with E-state index in [0.29, 0.717) is 16.3 Å². The Labute approximate surface area is 148 Å². The summed E-state index contributed by atoms with van der Waals surface area (Å²) in [5.74, 6) is -0.348. The Morgan fingerprint density at radius 2 is 2.04 bits per heavy atom. The Bertz CT molecular complexity index is 640. The van der Waals surface area contributed by atoms with Crippen LogP contribution in [0, 0.1) is 5.41 Å². The number of likely N-dealkylation sites (tertiary alicyclic amines) is 1. The second kappa shape index (κ2) is 7.01. The minimum absolute atomic E-state index is 0.0256. The summed E-state index contributed by atoms with van der Waals surface area (Å²) in [6.07, 6.45) is 2.01. The van der Waals surface area contributed by atoms with Crippen LogP contribution in [-0.2, 0) is 4.79 Å². The number of anilines is 1. The molecule has 1 aliphatic rings. The highest BCUT2D eigenvalue weighted by atomic mass is 35.5. The van der Waals surface area contributed by atoms with E-state index >= 15 is 0 Å². The molecule has 132 valence electrons. The number of rotatable bonds is 3. The number of hydrogen-bond donors (Lipinski definition) is 2. The van der Waals surface area contributed by atoms with Crippen LogP contribution in [-0.4, -0.2) is 35.3 Å². The zero-order valence-corrected chi connectivity index (χ0v) is 15.5. The lowest BCUT2D eigenvalue weighted by Gasteiger charge is -2.35. The first-order chi connectivity index (χ1) is 11.1. The highest BCUT2D eigenvalue weighted by Crippen LogP contribution is 2.26. The lowest BCUT2D eigenvalue weighted by Crippen LogP contribution is -2.55. The third-order valence-electron chi connectivity index (χ3n) is 4.49. The first-order valence-electron chi connectivity index (χ1n) is 8.27. The van der Waals surface area contributed by atoms with Crippen molar-refractivity contribution in [2.45, 2.75) is 52.6 Å². The van der Waals surface area contributed by atoms with Crippen LogP contribution in [0.1, 0.15) is 50.9 Å². The van der Waals surface area contributed by atoms with Gasteiger partial charge in [0.15, 0.2) is 0 Å². The zero-order valence-electron chi connectivity index (χ0n) is 14.7. The number of nitrogens with one attached hydrogen (secondary N) is 1. The van der Waals surface area contributed by atoms with Crippen LogP contribution in [0.3, 0.4) is 0 Å². The summed E-state index contributed by atoms with van der Waals surface area (Å²) in [5, 5.41) is 3.22. The van der Waals surface area contributed by atoms with Gasteiger partial charge in [-0.2, -0.15) is 0 Å². The Kier molecular flexibility index (Phi) is 5.43. The number of hydrogen-bond acceptors (Lipinski definition) is 3. The van der Waals surface area contributed by atoms with Gasteiger partial charge in [-0.25, -0.2) is 0 Å². The van der Waals surface area contributed by atoms with E-state index in [2.05, 4.69) is 5.32 Å². The molecule has 1 fully saturated rings. The third kappa shape index (κ3) is 4.01. The van der Waals surface area contributed by atoms with Gasteiger partial charge in [0, 0.05) is 18.2 Å². The summed E-state index contributed by atoms with van der Waals surface area (Å²) in [5.41, 5.74) is 6.10. The fourth-order valence-electron chi connectivity index (χ4n) is 2.96. The van der Waals surface area contributed by atoms with E-state index in [4.69, 9.17) is 17.3 Å². The topological polar surface area (TPSA) is 75.4 Å². The van der Waals surface area contributed by atoms with Crippen molar-refractivity contribution in [1.82, 2.24) is 10.2 Å². The van der Waals surface area contributed by atoms with Gasteiger partial charge >= 0.3 is 0 Å². The van der Waals surface area contributed by atoms with Gasteiger partial charge in [-0.05, 0) is 43.4 Å². The number of carbonyl (C=O) groups is 2. The summed E-state index contributed by atoms with van der Waals surface area (Å²) in [7, 11) is 0. The standard InChI is InChI=1S/C18H26ClN3O2/c1-11-6-5-9-22(11)17(24)15(18(2,3)4)21-16(23)12-7-8-14(20)13(19)10-12/h7-8,10-11,15H,5-6,9,20H2,1-4H3,(H,21,23)/t11-,15-/m1/s1. The Morgan fingerprint density at radius 3 is 2.54 bits per heavy atom. The van der Waals surface area contributed by atoms with E-state index in [-0.39, 0.29) is 17.9 Å². The van der Waals surface area contributed by atoms with Crippen LogP contribution in [0.5, 0.6) is 0 Å². The highest BCUT2D eigenvalue weighted by molar-refractivity contribution is 6.33. The predicted molar refractivity (Wildman–Crippen MR) is 97.0 cm³/mol. The van der Waals surface area contributed by atoms with E-state index in [1.165, 1.54) is 6.07 Å². The Hall–Kier alpha value is -1.75. The second-order valence-electron chi connectivity index (χ2n) is 7.53. The largest absolute Gasteiger partial charge is 0.398 e. The smallest absolute Gasteiger partial charge is 0.252 e. The normalized spacial score (nSPS) is 19.2. The van der Waals surface area contributed by atoms with E-state index in [1.54, 1.807) is 12.1 Å². The van der Waals surface area contributed by atoms with Gasteiger partial charge in [0.1, 0.15) is 6.04 Å². The van der Waals surface area contributed by atoms with Crippen molar-refractivity contribution in [3.8, 4) is 0 Å². The van der Waals surface area contributed by atoms with Crippen molar-refractivity contribution in [2.24, 2.45) is 5.41 Å². The fraction of sp³-hybridized carbons (Fsp3) is 0.556. The average molecular weight is 352 g/mol. The molecule has 0 unspecified atom stereocenters. The van der Waals surface area contributed by atoms with Crippen LogP contribution in [0.2, 0.25) is 5.02 Å². The molecule has 2 amide bonds. The highest BCUT2D eigenvalue weighted by Gasteiger charge is 2.38. The van der Waals surface area contributed by atoms with E-state index in [0.717, 1.165) is 19.4 Å². The van der Waals surface area contributed by atoms with Crippen LogP contribution in [0.4, 0.5) is 5.69 Å². The predicted octanol–water partition coefficient (Wildman–Crippen LogP) is 3.08. The number of nitrogens with two attached hydrogens (primary N) is 1. The van der Waals surface area contributed by atoms with Gasteiger partial charge in [0.25, 0.3) is 5.91 Å². The summed E-state index contributed by atoms with van der Waals surface area (Å²) < 4.78 is 0. The molecule has 0 saturated carbocycles. The lowest BCUT2D eigenvalue weighted by molar-refractivity contribution is -0.136. The monoisotopic (exact) mass is 351 g/mol. The molecule has 0 aromatic heterocycles. The van der Waals surface area contributed by atoms with E-state index in [1.807, 2.05) is 32.6 Å². The Morgan fingerprint density at radius 1 is 1.38 bits per heavy atom. The molecule has 2 atom stereocenters.